The molecule has 2 aromatic heterocycles. The summed E-state index contributed by atoms with van der Waals surface area (Å²) in [6, 6.07) is 43.5. The van der Waals surface area contributed by atoms with Crippen LogP contribution >= 0.6 is 0 Å². The molecule has 0 unspecified atom stereocenters. The van der Waals surface area contributed by atoms with Crippen molar-refractivity contribution in [3.63, 3.8) is 0 Å². The van der Waals surface area contributed by atoms with Gasteiger partial charge in [0.25, 0.3) is 0 Å². The maximum Gasteiger partial charge on any atom is 0.175 e. The highest BCUT2D eigenvalue weighted by atomic mass is 32.2. The van der Waals surface area contributed by atoms with Gasteiger partial charge in [-0.25, -0.2) is 16.8 Å². The van der Waals surface area contributed by atoms with Gasteiger partial charge in [0.1, 0.15) is 6.17 Å². The summed E-state index contributed by atoms with van der Waals surface area (Å²) in [6.45, 7) is 3.03. The standard InChI is InChI=1S/C50H52N6O4S2/c1-4-5-6-7-8-9-10-19-50(55-46-17-13-11-15-42(46)44-32-36(20-30-48(44)55)34-51-53-38-22-26-40(27-23-38)61(2,57)58)56-47-18-14-12-16-43(47)45-33-37(21-31-49(45)56)35-52-54-39-24-28-41(29-25-39)62(3,59)60/h11-18,20-33,50H,4-10,19,34-35H2,1-3H3. The monoisotopic (exact) mass is 864 g/mol. The molecule has 6 aromatic carbocycles. The van der Waals surface area contributed by atoms with E-state index in [0.29, 0.717) is 24.5 Å². The van der Waals surface area contributed by atoms with E-state index in [4.69, 9.17) is 0 Å². The predicted molar refractivity (Wildman–Crippen MR) is 251 cm³/mol. The third kappa shape index (κ3) is 9.41. The predicted octanol–water partition coefficient (Wildman–Crippen LogP) is 13.5. The maximum atomic E-state index is 11.9. The Morgan fingerprint density at radius 2 is 0.871 bits per heavy atom. The number of azo groups is 2. The summed E-state index contributed by atoms with van der Waals surface area (Å²) in [5.41, 5.74) is 7.93. The molecule has 318 valence electrons. The first kappa shape index (κ1) is 42.7. The van der Waals surface area contributed by atoms with Crippen LogP contribution < -0.4 is 0 Å². The van der Waals surface area contributed by atoms with E-state index in [1.54, 1.807) is 48.5 Å². The van der Waals surface area contributed by atoms with Gasteiger partial charge in [-0.1, -0.05) is 94.0 Å². The van der Waals surface area contributed by atoms with Gasteiger partial charge in [-0.3, -0.25) is 0 Å². The number of para-hydroxylation sites is 2. The van der Waals surface area contributed by atoms with E-state index in [-0.39, 0.29) is 16.0 Å². The molecule has 2 heterocycles. The largest absolute Gasteiger partial charge is 0.319 e. The van der Waals surface area contributed by atoms with Crippen LogP contribution in [0, 0.1) is 0 Å². The van der Waals surface area contributed by atoms with Crippen molar-refractivity contribution in [2.75, 3.05) is 12.5 Å². The van der Waals surface area contributed by atoms with Gasteiger partial charge in [-0.05, 0) is 109 Å². The lowest BCUT2D eigenvalue weighted by Gasteiger charge is -2.26. The Morgan fingerprint density at radius 1 is 0.468 bits per heavy atom. The van der Waals surface area contributed by atoms with Crippen molar-refractivity contribution in [1.29, 1.82) is 0 Å². The van der Waals surface area contributed by atoms with Gasteiger partial charge in [0.2, 0.25) is 0 Å². The summed E-state index contributed by atoms with van der Waals surface area (Å²) in [5, 5.41) is 22.5. The Morgan fingerprint density at radius 3 is 1.31 bits per heavy atom. The quantitative estimate of drug-likeness (QED) is 0.0628. The topological polar surface area (TPSA) is 128 Å². The van der Waals surface area contributed by atoms with Crippen molar-refractivity contribution in [1.82, 2.24) is 9.13 Å². The summed E-state index contributed by atoms with van der Waals surface area (Å²) >= 11 is 0. The normalized spacial score (nSPS) is 13.1. The van der Waals surface area contributed by atoms with Crippen molar-refractivity contribution < 1.29 is 16.8 Å². The number of aromatic nitrogens is 2. The van der Waals surface area contributed by atoms with Gasteiger partial charge in [0.15, 0.2) is 19.7 Å². The van der Waals surface area contributed by atoms with Gasteiger partial charge < -0.3 is 9.13 Å². The van der Waals surface area contributed by atoms with Crippen LogP contribution in [0.5, 0.6) is 0 Å². The van der Waals surface area contributed by atoms with Gasteiger partial charge in [0, 0.05) is 34.1 Å². The fourth-order valence-corrected chi connectivity index (χ4v) is 9.78. The number of rotatable bonds is 18. The SMILES string of the molecule is CCCCCCCCCC(n1c2ccccc2c2cc(CN=Nc3ccc(S(C)(=O)=O)cc3)ccc21)n1c2ccccc2c2cc(CN=Nc3ccc(S(C)(=O)=O)cc3)ccc21. The fourth-order valence-electron chi connectivity index (χ4n) is 8.51. The number of nitrogens with zero attached hydrogens (tertiary/aromatic N) is 6. The van der Waals surface area contributed by atoms with E-state index in [1.165, 1.54) is 72.8 Å². The molecule has 8 rings (SSSR count). The molecule has 0 saturated heterocycles. The van der Waals surface area contributed by atoms with Crippen LogP contribution in [0.3, 0.4) is 0 Å². The molecule has 0 atom stereocenters. The van der Waals surface area contributed by atoms with Crippen LogP contribution in [0.15, 0.2) is 164 Å². The number of sulfone groups is 2. The van der Waals surface area contributed by atoms with Crippen molar-refractivity contribution in [3.05, 3.63) is 145 Å². The second-order valence-corrected chi connectivity index (χ2v) is 20.2. The van der Waals surface area contributed by atoms with E-state index < -0.39 is 19.7 Å². The van der Waals surface area contributed by atoms with Gasteiger partial charge >= 0.3 is 0 Å². The van der Waals surface area contributed by atoms with Crippen LogP contribution in [0.4, 0.5) is 11.4 Å². The molecule has 62 heavy (non-hydrogen) atoms. The minimum absolute atomic E-state index is 0.0173. The summed E-state index contributed by atoms with van der Waals surface area (Å²) in [6.07, 6.45) is 11.9. The molecule has 8 aromatic rings. The van der Waals surface area contributed by atoms with Crippen LogP contribution in [0.2, 0.25) is 0 Å². The average molecular weight is 865 g/mol. The first-order chi connectivity index (χ1) is 30.0. The number of fused-ring (bicyclic) bond motifs is 6. The zero-order valence-corrected chi connectivity index (χ0v) is 37.1. The van der Waals surface area contributed by atoms with Gasteiger partial charge in [-0.15, -0.1) is 0 Å². The summed E-state index contributed by atoms with van der Waals surface area (Å²) < 4.78 is 52.7. The van der Waals surface area contributed by atoms with Crippen molar-refractivity contribution in [3.8, 4) is 0 Å². The lowest BCUT2D eigenvalue weighted by molar-refractivity contribution is 0.418. The number of benzene rings is 6. The average Bonchev–Trinajstić information content (AvgIpc) is 3.77. The minimum atomic E-state index is -3.29. The molecule has 10 nitrogen and oxygen atoms in total. The first-order valence-corrected chi connectivity index (χ1v) is 25.2. The first-order valence-electron chi connectivity index (χ1n) is 21.4. The smallest absolute Gasteiger partial charge is 0.175 e. The number of hydrogen-bond donors (Lipinski definition) is 0. The zero-order chi connectivity index (χ0) is 43.3. The Balaban J connectivity index is 1.16. The number of hydrogen-bond acceptors (Lipinski definition) is 8. The molecule has 0 aliphatic heterocycles. The molecule has 0 radical (unpaired) electrons. The van der Waals surface area contributed by atoms with E-state index in [9.17, 15) is 16.8 Å². The van der Waals surface area contributed by atoms with Crippen LogP contribution in [-0.2, 0) is 32.8 Å². The molecule has 12 heteroatoms. The molecule has 0 aliphatic rings. The van der Waals surface area contributed by atoms with Crippen LogP contribution in [0.25, 0.3) is 43.6 Å². The summed E-state index contributed by atoms with van der Waals surface area (Å²) in [7, 11) is -6.57. The number of unbranched alkanes of at least 4 members (excludes halogenated alkanes) is 6. The second kappa shape index (κ2) is 18.6. The summed E-state index contributed by atoms with van der Waals surface area (Å²) in [5.74, 6) is 0. The van der Waals surface area contributed by atoms with Gasteiger partial charge in [-0.2, -0.15) is 20.5 Å². The highest BCUT2D eigenvalue weighted by Crippen LogP contribution is 2.40. The summed E-state index contributed by atoms with van der Waals surface area (Å²) in [4.78, 5) is 0.512. The van der Waals surface area contributed by atoms with Crippen LogP contribution in [-0.4, -0.2) is 38.5 Å². The lowest BCUT2D eigenvalue weighted by Crippen LogP contribution is -2.18. The lowest BCUT2D eigenvalue weighted by atomic mass is 10.1. The van der Waals surface area contributed by atoms with Crippen molar-refractivity contribution in [2.45, 2.75) is 87.3 Å². The van der Waals surface area contributed by atoms with Crippen molar-refractivity contribution >= 4 is 74.7 Å². The molecule has 0 spiro atoms. The van der Waals surface area contributed by atoms with Crippen molar-refractivity contribution in [2.24, 2.45) is 20.5 Å². The Kier molecular flexibility index (Phi) is 12.8. The second-order valence-electron chi connectivity index (χ2n) is 16.2. The highest BCUT2D eigenvalue weighted by molar-refractivity contribution is 7.91. The van der Waals surface area contributed by atoms with E-state index in [0.717, 1.165) is 45.8 Å². The van der Waals surface area contributed by atoms with E-state index in [1.807, 2.05) is 0 Å². The molecule has 0 saturated carbocycles. The highest BCUT2D eigenvalue weighted by Gasteiger charge is 2.24. The van der Waals surface area contributed by atoms with Crippen LogP contribution in [0.1, 0.15) is 75.6 Å². The molecular weight excluding hydrogens is 813 g/mol. The molecule has 0 N–H and O–H groups in total. The Hall–Kier alpha value is -5.98. The van der Waals surface area contributed by atoms with E-state index >= 15 is 0 Å². The van der Waals surface area contributed by atoms with Gasteiger partial charge in [0.05, 0.1) is 56.3 Å². The Bertz CT molecular complexity index is 2950. The Labute approximate surface area is 363 Å². The minimum Gasteiger partial charge on any atom is -0.319 e. The van der Waals surface area contributed by atoms with E-state index in [2.05, 4.69) is 121 Å². The molecule has 0 bridgehead atoms. The molecular formula is C50H52N6O4S2. The fraction of sp³-hybridized carbons (Fsp3) is 0.280. The molecule has 0 aliphatic carbocycles. The third-order valence-corrected chi connectivity index (χ3v) is 13.9. The zero-order valence-electron chi connectivity index (χ0n) is 35.5. The maximum absolute atomic E-state index is 11.9. The molecule has 0 amide bonds. The third-order valence-electron chi connectivity index (χ3n) is 11.6. The molecule has 0 fully saturated rings.